The van der Waals surface area contributed by atoms with Crippen molar-refractivity contribution in [1.82, 2.24) is 9.88 Å². The topological polar surface area (TPSA) is 78.0 Å². The standard InChI is InChI=1S/C27H32N2O5S/c1-5-34-27(31)26-19(2)35-24(28-26)18-29(15-9-12-20-10-7-6-8-11-20)25(30)16-21-13-14-22(32-3)17-23(21)33-4/h6-8,10-11,13-14,17H,5,9,12,15-16,18H2,1-4H3. The highest BCUT2D eigenvalue weighted by Crippen LogP contribution is 2.26. The summed E-state index contributed by atoms with van der Waals surface area (Å²) in [6, 6.07) is 15.7. The number of carbonyl (C=O) groups excluding carboxylic acids is 2. The summed E-state index contributed by atoms with van der Waals surface area (Å²) in [5.74, 6) is 0.809. The Bertz CT molecular complexity index is 1130. The van der Waals surface area contributed by atoms with Gasteiger partial charge in [0.05, 0.1) is 33.8 Å². The van der Waals surface area contributed by atoms with Gasteiger partial charge in [-0.25, -0.2) is 9.78 Å². The highest BCUT2D eigenvalue weighted by molar-refractivity contribution is 7.11. The fourth-order valence-corrected chi connectivity index (χ4v) is 4.69. The first-order valence-corrected chi connectivity index (χ1v) is 12.4. The molecule has 0 bridgehead atoms. The molecule has 0 unspecified atom stereocenters. The maximum atomic E-state index is 13.4. The average molecular weight is 497 g/mol. The van der Waals surface area contributed by atoms with Crippen LogP contribution in [0.4, 0.5) is 0 Å². The highest BCUT2D eigenvalue weighted by atomic mass is 32.1. The van der Waals surface area contributed by atoms with E-state index in [1.54, 1.807) is 32.1 Å². The van der Waals surface area contributed by atoms with Gasteiger partial charge in [0, 0.05) is 23.1 Å². The Hall–Kier alpha value is -3.39. The summed E-state index contributed by atoms with van der Waals surface area (Å²) in [5.41, 5.74) is 2.33. The summed E-state index contributed by atoms with van der Waals surface area (Å²) in [5, 5.41) is 0.709. The molecule has 1 heterocycles. The van der Waals surface area contributed by atoms with Gasteiger partial charge in [-0.05, 0) is 38.3 Å². The van der Waals surface area contributed by atoms with Crippen LogP contribution in [-0.2, 0) is 28.9 Å². The molecule has 186 valence electrons. The number of methoxy groups -OCH3 is 2. The highest BCUT2D eigenvalue weighted by Gasteiger charge is 2.21. The van der Waals surface area contributed by atoms with E-state index in [1.807, 2.05) is 37.3 Å². The summed E-state index contributed by atoms with van der Waals surface area (Å²) < 4.78 is 15.9. The van der Waals surface area contributed by atoms with E-state index in [-0.39, 0.29) is 12.3 Å². The number of ether oxygens (including phenoxy) is 3. The summed E-state index contributed by atoms with van der Waals surface area (Å²) in [6.45, 7) is 4.80. The molecule has 3 aromatic rings. The van der Waals surface area contributed by atoms with Crippen molar-refractivity contribution in [1.29, 1.82) is 0 Å². The molecule has 0 fully saturated rings. The third-order valence-electron chi connectivity index (χ3n) is 5.56. The van der Waals surface area contributed by atoms with Crippen LogP contribution < -0.4 is 9.47 Å². The molecule has 0 saturated carbocycles. The number of hydrogen-bond acceptors (Lipinski definition) is 7. The number of aryl methyl sites for hydroxylation is 2. The van der Waals surface area contributed by atoms with Crippen LogP contribution >= 0.6 is 11.3 Å². The number of rotatable bonds is 12. The lowest BCUT2D eigenvalue weighted by molar-refractivity contribution is -0.131. The van der Waals surface area contributed by atoms with E-state index in [1.165, 1.54) is 16.9 Å². The monoisotopic (exact) mass is 496 g/mol. The lowest BCUT2D eigenvalue weighted by Gasteiger charge is -2.22. The number of esters is 1. The minimum atomic E-state index is -0.433. The van der Waals surface area contributed by atoms with Gasteiger partial charge in [0.25, 0.3) is 0 Å². The van der Waals surface area contributed by atoms with E-state index in [0.29, 0.717) is 41.9 Å². The molecule has 0 saturated heterocycles. The van der Waals surface area contributed by atoms with E-state index in [4.69, 9.17) is 14.2 Å². The Balaban J connectivity index is 1.77. The molecule has 3 rings (SSSR count). The Morgan fingerprint density at radius 2 is 1.83 bits per heavy atom. The van der Waals surface area contributed by atoms with Crippen molar-refractivity contribution in [3.05, 3.63) is 75.2 Å². The van der Waals surface area contributed by atoms with Crippen LogP contribution in [0.1, 0.15) is 44.8 Å². The molecular formula is C27H32N2O5S. The first-order valence-electron chi connectivity index (χ1n) is 11.6. The van der Waals surface area contributed by atoms with Crippen LogP contribution in [0, 0.1) is 6.92 Å². The van der Waals surface area contributed by atoms with Crippen LogP contribution in [0.2, 0.25) is 0 Å². The second kappa shape index (κ2) is 12.9. The molecule has 0 atom stereocenters. The lowest BCUT2D eigenvalue weighted by Crippen LogP contribution is -2.33. The van der Waals surface area contributed by atoms with Crippen LogP contribution in [0.3, 0.4) is 0 Å². The van der Waals surface area contributed by atoms with Crippen molar-refractivity contribution >= 4 is 23.2 Å². The number of hydrogen-bond donors (Lipinski definition) is 0. The molecule has 0 spiro atoms. The van der Waals surface area contributed by atoms with Crippen LogP contribution in [-0.4, -0.2) is 49.1 Å². The second-order valence-electron chi connectivity index (χ2n) is 7.99. The molecule has 35 heavy (non-hydrogen) atoms. The number of nitrogens with zero attached hydrogens (tertiary/aromatic N) is 2. The van der Waals surface area contributed by atoms with Crippen molar-refractivity contribution in [2.24, 2.45) is 0 Å². The molecular weight excluding hydrogens is 464 g/mol. The molecule has 0 aliphatic rings. The zero-order chi connectivity index (χ0) is 25.2. The predicted molar refractivity (Wildman–Crippen MR) is 136 cm³/mol. The van der Waals surface area contributed by atoms with Gasteiger partial charge in [-0.2, -0.15) is 0 Å². The fraction of sp³-hybridized carbons (Fsp3) is 0.370. The molecule has 0 aliphatic heterocycles. The van der Waals surface area contributed by atoms with E-state index in [9.17, 15) is 9.59 Å². The molecule has 2 aromatic carbocycles. The van der Waals surface area contributed by atoms with Crippen molar-refractivity contribution < 1.29 is 23.8 Å². The minimum absolute atomic E-state index is 0.0351. The van der Waals surface area contributed by atoms with Gasteiger partial charge in [-0.15, -0.1) is 11.3 Å². The maximum absolute atomic E-state index is 13.4. The zero-order valence-corrected chi connectivity index (χ0v) is 21.5. The SMILES string of the molecule is CCOC(=O)c1nc(CN(CCCc2ccccc2)C(=O)Cc2ccc(OC)cc2OC)sc1C. The van der Waals surface area contributed by atoms with Gasteiger partial charge in [-0.1, -0.05) is 36.4 Å². The second-order valence-corrected chi connectivity index (χ2v) is 9.28. The first kappa shape index (κ1) is 26.2. The number of thiazole rings is 1. The number of carbonyl (C=O) groups is 2. The molecule has 8 heteroatoms. The van der Waals surface area contributed by atoms with Crippen LogP contribution in [0.5, 0.6) is 11.5 Å². The largest absolute Gasteiger partial charge is 0.497 e. The van der Waals surface area contributed by atoms with Crippen LogP contribution in [0.15, 0.2) is 48.5 Å². The molecule has 1 aromatic heterocycles. The van der Waals surface area contributed by atoms with E-state index >= 15 is 0 Å². The fourth-order valence-electron chi connectivity index (χ4n) is 3.75. The Morgan fingerprint density at radius 1 is 1.06 bits per heavy atom. The predicted octanol–water partition coefficient (Wildman–Crippen LogP) is 4.85. The number of benzene rings is 2. The normalized spacial score (nSPS) is 10.6. The van der Waals surface area contributed by atoms with Crippen molar-refractivity contribution in [3.8, 4) is 11.5 Å². The van der Waals surface area contributed by atoms with Crippen molar-refractivity contribution in [3.63, 3.8) is 0 Å². The van der Waals surface area contributed by atoms with Gasteiger partial charge < -0.3 is 19.1 Å². The Kier molecular flexibility index (Phi) is 9.66. The third kappa shape index (κ3) is 7.29. The van der Waals surface area contributed by atoms with Crippen molar-refractivity contribution in [2.45, 2.75) is 39.7 Å². The van der Waals surface area contributed by atoms with E-state index in [0.717, 1.165) is 23.3 Å². The summed E-state index contributed by atoms with van der Waals surface area (Å²) in [7, 11) is 3.17. The minimum Gasteiger partial charge on any atom is -0.497 e. The summed E-state index contributed by atoms with van der Waals surface area (Å²) >= 11 is 1.42. The van der Waals surface area contributed by atoms with Crippen LogP contribution in [0.25, 0.3) is 0 Å². The Labute approximate surface area is 210 Å². The van der Waals surface area contributed by atoms with Gasteiger partial charge in [0.1, 0.15) is 16.5 Å². The molecule has 0 N–H and O–H groups in total. The molecule has 0 aliphatic carbocycles. The van der Waals surface area contributed by atoms with E-state index < -0.39 is 5.97 Å². The van der Waals surface area contributed by atoms with E-state index in [2.05, 4.69) is 17.1 Å². The van der Waals surface area contributed by atoms with Gasteiger partial charge in [-0.3, -0.25) is 4.79 Å². The smallest absolute Gasteiger partial charge is 0.358 e. The van der Waals surface area contributed by atoms with Gasteiger partial charge in [0.2, 0.25) is 5.91 Å². The van der Waals surface area contributed by atoms with Gasteiger partial charge in [0.15, 0.2) is 5.69 Å². The number of amides is 1. The zero-order valence-electron chi connectivity index (χ0n) is 20.7. The summed E-state index contributed by atoms with van der Waals surface area (Å²) in [6.07, 6.45) is 1.86. The van der Waals surface area contributed by atoms with Crippen molar-refractivity contribution in [2.75, 3.05) is 27.4 Å². The average Bonchev–Trinajstić information content (AvgIpc) is 3.24. The first-order chi connectivity index (χ1) is 16.9. The third-order valence-corrected chi connectivity index (χ3v) is 6.52. The van der Waals surface area contributed by atoms with Gasteiger partial charge >= 0.3 is 5.97 Å². The number of aromatic nitrogens is 1. The Morgan fingerprint density at radius 3 is 2.51 bits per heavy atom. The molecule has 1 amide bonds. The quantitative estimate of drug-likeness (QED) is 0.334. The molecule has 7 nitrogen and oxygen atoms in total. The maximum Gasteiger partial charge on any atom is 0.358 e. The molecule has 0 radical (unpaired) electrons. The summed E-state index contributed by atoms with van der Waals surface area (Å²) in [4.78, 5) is 32.7. The lowest BCUT2D eigenvalue weighted by atomic mass is 10.1.